The molecular formula is C16H19N3O. The van der Waals surface area contributed by atoms with Crippen LogP contribution in [0.15, 0.2) is 24.3 Å². The van der Waals surface area contributed by atoms with Gasteiger partial charge in [-0.25, -0.2) is 4.98 Å². The van der Waals surface area contributed by atoms with Gasteiger partial charge in [-0.05, 0) is 43.7 Å². The molecule has 0 bridgehead atoms. The van der Waals surface area contributed by atoms with Crippen molar-refractivity contribution >= 4 is 16.9 Å². The molecular weight excluding hydrogens is 250 g/mol. The van der Waals surface area contributed by atoms with Crippen molar-refractivity contribution in [1.82, 2.24) is 14.9 Å². The number of benzene rings is 1. The number of carbonyl (C=O) groups is 1. The first kappa shape index (κ1) is 11.9. The Labute approximate surface area is 118 Å². The maximum Gasteiger partial charge on any atom is 0.223 e. The van der Waals surface area contributed by atoms with Crippen molar-refractivity contribution in [3.63, 3.8) is 0 Å². The van der Waals surface area contributed by atoms with Crippen LogP contribution < -0.4 is 0 Å². The molecule has 1 saturated heterocycles. The first-order valence-electron chi connectivity index (χ1n) is 7.55. The third-order valence-corrected chi connectivity index (χ3v) is 4.46. The normalized spacial score (nSPS) is 22.6. The number of hydrogen-bond donors (Lipinski definition) is 1. The van der Waals surface area contributed by atoms with Crippen molar-refractivity contribution in [1.29, 1.82) is 0 Å². The lowest BCUT2D eigenvalue weighted by molar-refractivity contribution is -0.132. The average molecular weight is 269 g/mol. The molecule has 4 rings (SSSR count). The topological polar surface area (TPSA) is 49.0 Å². The molecule has 2 aromatic rings. The Morgan fingerprint density at radius 2 is 2.15 bits per heavy atom. The van der Waals surface area contributed by atoms with E-state index in [-0.39, 0.29) is 6.04 Å². The van der Waals surface area contributed by atoms with E-state index >= 15 is 0 Å². The number of nitrogens with one attached hydrogen (secondary N) is 1. The first-order chi connectivity index (χ1) is 9.81. The van der Waals surface area contributed by atoms with Crippen molar-refractivity contribution < 1.29 is 4.79 Å². The van der Waals surface area contributed by atoms with E-state index in [0.29, 0.717) is 11.8 Å². The van der Waals surface area contributed by atoms with Gasteiger partial charge in [-0.1, -0.05) is 12.1 Å². The van der Waals surface area contributed by atoms with E-state index in [1.54, 1.807) is 0 Å². The van der Waals surface area contributed by atoms with Gasteiger partial charge in [0.15, 0.2) is 0 Å². The Hall–Kier alpha value is -1.84. The van der Waals surface area contributed by atoms with Gasteiger partial charge in [0.25, 0.3) is 0 Å². The summed E-state index contributed by atoms with van der Waals surface area (Å²) >= 11 is 0. The number of rotatable bonds is 3. The van der Waals surface area contributed by atoms with Crippen LogP contribution in [0.4, 0.5) is 0 Å². The summed E-state index contributed by atoms with van der Waals surface area (Å²) in [5, 5.41) is 0. The van der Waals surface area contributed by atoms with Gasteiger partial charge in [0.05, 0.1) is 17.1 Å². The Balaban J connectivity index is 1.60. The van der Waals surface area contributed by atoms with E-state index in [1.807, 2.05) is 29.2 Å². The minimum absolute atomic E-state index is 0.147. The number of hydrogen-bond acceptors (Lipinski definition) is 2. The van der Waals surface area contributed by atoms with Gasteiger partial charge in [-0.2, -0.15) is 0 Å². The van der Waals surface area contributed by atoms with E-state index in [4.69, 9.17) is 0 Å². The molecule has 1 aliphatic carbocycles. The van der Waals surface area contributed by atoms with E-state index in [2.05, 4.69) is 9.97 Å². The highest BCUT2D eigenvalue weighted by atomic mass is 16.2. The Bertz CT molecular complexity index is 611. The summed E-state index contributed by atoms with van der Waals surface area (Å²) in [6, 6.07) is 8.21. The molecule has 1 atom stereocenters. The van der Waals surface area contributed by atoms with Crippen LogP contribution >= 0.6 is 0 Å². The molecule has 1 aliphatic heterocycles. The smallest absolute Gasteiger partial charge is 0.223 e. The molecule has 1 amide bonds. The molecule has 0 spiro atoms. The second-order valence-corrected chi connectivity index (χ2v) is 6.03. The summed E-state index contributed by atoms with van der Waals surface area (Å²) in [6.07, 6.45) is 5.30. The Morgan fingerprint density at radius 3 is 2.95 bits per heavy atom. The highest BCUT2D eigenvalue weighted by Gasteiger charge is 2.34. The van der Waals surface area contributed by atoms with Crippen molar-refractivity contribution in [2.75, 3.05) is 6.54 Å². The van der Waals surface area contributed by atoms with Crippen LogP contribution in [-0.2, 0) is 4.79 Å². The molecule has 20 heavy (non-hydrogen) atoms. The predicted octanol–water partition coefficient (Wildman–Crippen LogP) is 3.03. The number of fused-ring (bicyclic) bond motifs is 1. The lowest BCUT2D eigenvalue weighted by Crippen LogP contribution is -2.31. The highest BCUT2D eigenvalue weighted by Crippen LogP contribution is 2.37. The lowest BCUT2D eigenvalue weighted by Gasteiger charge is -2.23. The minimum atomic E-state index is 0.147. The molecule has 104 valence electrons. The number of nitrogens with zero attached hydrogens (tertiary/aromatic N) is 2. The molecule has 2 heterocycles. The number of amides is 1. The predicted molar refractivity (Wildman–Crippen MR) is 77.1 cm³/mol. The van der Waals surface area contributed by atoms with Crippen LogP contribution in [0.5, 0.6) is 0 Å². The summed E-state index contributed by atoms with van der Waals surface area (Å²) in [7, 11) is 0. The van der Waals surface area contributed by atoms with Gasteiger partial charge in [-0.3, -0.25) is 4.79 Å². The fourth-order valence-electron chi connectivity index (χ4n) is 3.17. The number of carbonyl (C=O) groups excluding carboxylic acids is 1. The molecule has 2 fully saturated rings. The summed E-state index contributed by atoms with van der Waals surface area (Å²) < 4.78 is 0. The molecule has 4 heteroatoms. The number of imidazole rings is 1. The molecule has 4 nitrogen and oxygen atoms in total. The van der Waals surface area contributed by atoms with E-state index in [0.717, 1.165) is 42.7 Å². The molecule has 1 aromatic heterocycles. The number of aromatic nitrogens is 2. The molecule has 0 unspecified atom stereocenters. The van der Waals surface area contributed by atoms with E-state index in [9.17, 15) is 4.79 Å². The average Bonchev–Trinajstić information content (AvgIpc) is 3.00. The number of likely N-dealkylation sites (tertiary alicyclic amines) is 1. The van der Waals surface area contributed by atoms with Crippen LogP contribution in [0.2, 0.25) is 0 Å². The zero-order valence-electron chi connectivity index (χ0n) is 11.5. The van der Waals surface area contributed by atoms with Crippen molar-refractivity contribution in [3.8, 4) is 0 Å². The van der Waals surface area contributed by atoms with Gasteiger partial charge in [0.2, 0.25) is 5.91 Å². The largest absolute Gasteiger partial charge is 0.340 e. The van der Waals surface area contributed by atoms with Crippen LogP contribution in [0.3, 0.4) is 0 Å². The summed E-state index contributed by atoms with van der Waals surface area (Å²) in [5.41, 5.74) is 2.05. The SMILES string of the molecule is O=C(CC1CC1)N1CCC[C@H]1c1nc2ccccc2[nH]1. The lowest BCUT2D eigenvalue weighted by atomic mass is 10.2. The van der Waals surface area contributed by atoms with Crippen LogP contribution in [0.25, 0.3) is 11.0 Å². The van der Waals surface area contributed by atoms with Gasteiger partial charge in [-0.15, -0.1) is 0 Å². The number of aromatic amines is 1. The maximum atomic E-state index is 12.4. The van der Waals surface area contributed by atoms with E-state index < -0.39 is 0 Å². The molecule has 0 radical (unpaired) electrons. The molecule has 1 saturated carbocycles. The second-order valence-electron chi connectivity index (χ2n) is 6.03. The fourth-order valence-corrected chi connectivity index (χ4v) is 3.17. The molecule has 1 N–H and O–H groups in total. The summed E-state index contributed by atoms with van der Waals surface area (Å²) in [4.78, 5) is 22.5. The van der Waals surface area contributed by atoms with Crippen LogP contribution in [0.1, 0.15) is 44.0 Å². The molecule has 1 aromatic carbocycles. The van der Waals surface area contributed by atoms with Crippen molar-refractivity contribution in [3.05, 3.63) is 30.1 Å². The quantitative estimate of drug-likeness (QED) is 0.931. The summed E-state index contributed by atoms with van der Waals surface area (Å²) in [6.45, 7) is 0.882. The van der Waals surface area contributed by atoms with Crippen molar-refractivity contribution in [2.24, 2.45) is 5.92 Å². The fraction of sp³-hybridized carbons (Fsp3) is 0.500. The van der Waals surface area contributed by atoms with Gasteiger partial charge in [0.1, 0.15) is 5.82 Å². The Morgan fingerprint density at radius 1 is 1.30 bits per heavy atom. The Kier molecular flexibility index (Phi) is 2.76. The number of H-pyrrole nitrogens is 1. The van der Waals surface area contributed by atoms with E-state index in [1.165, 1.54) is 12.8 Å². The van der Waals surface area contributed by atoms with Crippen LogP contribution in [0, 0.1) is 5.92 Å². The minimum Gasteiger partial charge on any atom is -0.340 e. The first-order valence-corrected chi connectivity index (χ1v) is 7.55. The monoisotopic (exact) mass is 269 g/mol. The number of para-hydroxylation sites is 2. The third kappa shape index (κ3) is 2.09. The van der Waals surface area contributed by atoms with Crippen molar-refractivity contribution in [2.45, 2.75) is 38.1 Å². The van der Waals surface area contributed by atoms with Crippen LogP contribution in [-0.4, -0.2) is 27.3 Å². The second kappa shape index (κ2) is 4.62. The van der Waals surface area contributed by atoms with Gasteiger partial charge in [0, 0.05) is 13.0 Å². The molecule has 2 aliphatic rings. The van der Waals surface area contributed by atoms with Gasteiger partial charge < -0.3 is 9.88 Å². The zero-order valence-corrected chi connectivity index (χ0v) is 11.5. The highest BCUT2D eigenvalue weighted by molar-refractivity contribution is 5.78. The standard InChI is InChI=1S/C16H19N3O/c20-15(10-11-7-8-11)19-9-3-6-14(19)16-17-12-4-1-2-5-13(12)18-16/h1-2,4-5,11,14H,3,6-10H2,(H,17,18)/t14-/m0/s1. The summed E-state index contributed by atoms with van der Waals surface area (Å²) in [5.74, 6) is 1.92. The maximum absolute atomic E-state index is 12.4. The zero-order chi connectivity index (χ0) is 13.5. The third-order valence-electron chi connectivity index (χ3n) is 4.46. The van der Waals surface area contributed by atoms with Gasteiger partial charge >= 0.3 is 0 Å².